The van der Waals surface area contributed by atoms with E-state index in [4.69, 9.17) is 16.3 Å². The summed E-state index contributed by atoms with van der Waals surface area (Å²) in [5.74, 6) is 0.269. The summed E-state index contributed by atoms with van der Waals surface area (Å²) in [6.07, 6.45) is 2.13. The fraction of sp³-hybridized carbons (Fsp3) is 0.316. The number of ether oxygens (including phenoxy) is 1. The van der Waals surface area contributed by atoms with Gasteiger partial charge in [-0.25, -0.2) is 4.39 Å². The van der Waals surface area contributed by atoms with Crippen LogP contribution in [0, 0.1) is 5.82 Å². The second-order valence-corrected chi connectivity index (χ2v) is 6.35. The monoisotopic (exact) mass is 347 g/mol. The zero-order chi connectivity index (χ0) is 17.1. The number of hydrogen-bond acceptors (Lipinski definition) is 2. The van der Waals surface area contributed by atoms with Crippen molar-refractivity contribution in [1.82, 2.24) is 4.90 Å². The molecule has 2 aromatic rings. The zero-order valence-electron chi connectivity index (χ0n) is 13.5. The summed E-state index contributed by atoms with van der Waals surface area (Å²) >= 11 is 6.11. The quantitative estimate of drug-likeness (QED) is 0.783. The molecule has 0 heterocycles. The first-order chi connectivity index (χ1) is 11.6. The lowest BCUT2D eigenvalue weighted by atomic mass is 10.1. The molecule has 126 valence electrons. The van der Waals surface area contributed by atoms with Crippen LogP contribution in [0.15, 0.2) is 42.5 Å². The van der Waals surface area contributed by atoms with Crippen molar-refractivity contribution >= 4 is 17.5 Å². The molecule has 0 aliphatic heterocycles. The molecule has 24 heavy (non-hydrogen) atoms. The maximum Gasteiger partial charge on any atom is 0.227 e. The molecule has 0 saturated heterocycles. The number of para-hydroxylation sites is 1. The second kappa shape index (κ2) is 7.22. The van der Waals surface area contributed by atoms with Gasteiger partial charge in [0, 0.05) is 22.2 Å². The summed E-state index contributed by atoms with van der Waals surface area (Å²) in [6, 6.07) is 12.2. The highest BCUT2D eigenvalue weighted by atomic mass is 35.5. The Morgan fingerprint density at radius 2 is 2.00 bits per heavy atom. The number of rotatable bonds is 6. The predicted octanol–water partition coefficient (Wildman–Crippen LogP) is 4.22. The van der Waals surface area contributed by atoms with Crippen molar-refractivity contribution < 1.29 is 13.9 Å². The first-order valence-electron chi connectivity index (χ1n) is 7.94. The molecular weight excluding hydrogens is 329 g/mol. The molecule has 0 spiro atoms. The summed E-state index contributed by atoms with van der Waals surface area (Å²) in [5, 5.41) is 0.353. The minimum Gasteiger partial charge on any atom is -0.496 e. The second-order valence-electron chi connectivity index (χ2n) is 5.94. The Hall–Kier alpha value is -2.07. The molecule has 0 N–H and O–H groups in total. The highest BCUT2D eigenvalue weighted by Crippen LogP contribution is 2.32. The van der Waals surface area contributed by atoms with Crippen LogP contribution in [0.1, 0.15) is 24.0 Å². The summed E-state index contributed by atoms with van der Waals surface area (Å²) < 4.78 is 19.4. The van der Waals surface area contributed by atoms with E-state index >= 15 is 0 Å². The number of hydrogen-bond donors (Lipinski definition) is 0. The molecular formula is C19H19ClFNO2. The Morgan fingerprint density at radius 1 is 1.25 bits per heavy atom. The molecule has 0 radical (unpaired) electrons. The van der Waals surface area contributed by atoms with Crippen LogP contribution < -0.4 is 4.74 Å². The van der Waals surface area contributed by atoms with E-state index in [0.717, 1.165) is 18.4 Å². The van der Waals surface area contributed by atoms with Gasteiger partial charge < -0.3 is 9.64 Å². The van der Waals surface area contributed by atoms with Gasteiger partial charge in [0.25, 0.3) is 0 Å². The van der Waals surface area contributed by atoms with Crippen LogP contribution in [0.3, 0.4) is 0 Å². The first kappa shape index (κ1) is 16.8. The average Bonchev–Trinajstić information content (AvgIpc) is 3.40. The molecule has 1 aliphatic rings. The molecule has 3 nitrogen and oxygen atoms in total. The molecule has 3 rings (SSSR count). The van der Waals surface area contributed by atoms with Crippen molar-refractivity contribution in [2.75, 3.05) is 7.11 Å². The standard InChI is InChI=1S/C19H19ClFNO2/c1-24-18-8-3-2-5-13(18)11-19(23)22(14-9-10-14)12-15-16(20)6-4-7-17(15)21/h2-8,14H,9-12H2,1H3. The van der Waals surface area contributed by atoms with E-state index in [-0.39, 0.29) is 30.7 Å². The lowest BCUT2D eigenvalue weighted by Crippen LogP contribution is -2.34. The zero-order valence-corrected chi connectivity index (χ0v) is 14.2. The molecule has 0 bridgehead atoms. The Labute approximate surface area is 146 Å². The van der Waals surface area contributed by atoms with E-state index in [1.807, 2.05) is 24.3 Å². The topological polar surface area (TPSA) is 29.5 Å². The first-order valence-corrected chi connectivity index (χ1v) is 8.32. The van der Waals surface area contributed by atoms with Crippen LogP contribution in [0.4, 0.5) is 4.39 Å². The van der Waals surface area contributed by atoms with Crippen LogP contribution in [0.25, 0.3) is 0 Å². The molecule has 1 amide bonds. The minimum atomic E-state index is -0.377. The van der Waals surface area contributed by atoms with E-state index in [2.05, 4.69) is 0 Å². The summed E-state index contributed by atoms with van der Waals surface area (Å²) in [6.45, 7) is 0.199. The molecule has 0 unspecified atom stereocenters. The number of carbonyl (C=O) groups excluding carboxylic acids is 1. The van der Waals surface area contributed by atoms with Crippen LogP contribution in [-0.2, 0) is 17.8 Å². The number of nitrogens with zero attached hydrogens (tertiary/aromatic N) is 1. The van der Waals surface area contributed by atoms with E-state index in [1.54, 1.807) is 24.1 Å². The van der Waals surface area contributed by atoms with Crippen LogP contribution in [0.2, 0.25) is 5.02 Å². The smallest absolute Gasteiger partial charge is 0.227 e. The molecule has 0 aromatic heterocycles. The maximum absolute atomic E-state index is 14.1. The summed E-state index contributed by atoms with van der Waals surface area (Å²) in [4.78, 5) is 14.5. The van der Waals surface area contributed by atoms with Gasteiger partial charge in [-0.1, -0.05) is 35.9 Å². The largest absolute Gasteiger partial charge is 0.496 e. The van der Waals surface area contributed by atoms with Gasteiger partial charge in [0.15, 0.2) is 0 Å². The van der Waals surface area contributed by atoms with Crippen molar-refractivity contribution in [2.24, 2.45) is 0 Å². The van der Waals surface area contributed by atoms with Gasteiger partial charge in [0.05, 0.1) is 20.1 Å². The molecule has 1 fully saturated rings. The normalized spacial score (nSPS) is 13.6. The van der Waals surface area contributed by atoms with E-state index in [9.17, 15) is 9.18 Å². The highest BCUT2D eigenvalue weighted by molar-refractivity contribution is 6.31. The third kappa shape index (κ3) is 3.70. The number of benzene rings is 2. The Bertz CT molecular complexity index is 726. The van der Waals surface area contributed by atoms with Crippen molar-refractivity contribution in [3.8, 4) is 5.75 Å². The number of carbonyl (C=O) groups is 1. The molecule has 0 atom stereocenters. The number of amides is 1. The molecule has 1 aliphatic carbocycles. The summed E-state index contributed by atoms with van der Waals surface area (Å²) in [5.41, 5.74) is 1.20. The van der Waals surface area contributed by atoms with Gasteiger partial charge in [0.2, 0.25) is 5.91 Å². The molecule has 2 aromatic carbocycles. The van der Waals surface area contributed by atoms with Crippen molar-refractivity contribution in [2.45, 2.75) is 31.8 Å². The number of methoxy groups -OCH3 is 1. The Balaban J connectivity index is 1.80. The maximum atomic E-state index is 14.1. The van der Waals surface area contributed by atoms with Gasteiger partial charge in [-0.05, 0) is 31.0 Å². The third-order valence-corrected chi connectivity index (χ3v) is 4.59. The minimum absolute atomic E-state index is 0.0404. The molecule has 1 saturated carbocycles. The van der Waals surface area contributed by atoms with Crippen molar-refractivity contribution in [3.05, 3.63) is 64.4 Å². The highest BCUT2D eigenvalue weighted by Gasteiger charge is 2.33. The van der Waals surface area contributed by atoms with E-state index < -0.39 is 0 Å². The molecule has 5 heteroatoms. The Kier molecular flexibility index (Phi) is 5.05. The SMILES string of the molecule is COc1ccccc1CC(=O)N(Cc1c(F)cccc1Cl)C1CC1. The van der Waals surface area contributed by atoms with Crippen LogP contribution >= 0.6 is 11.6 Å². The Morgan fingerprint density at radius 3 is 2.67 bits per heavy atom. The number of halogens is 2. The lowest BCUT2D eigenvalue weighted by molar-refractivity contribution is -0.131. The van der Waals surface area contributed by atoms with E-state index in [0.29, 0.717) is 16.3 Å². The van der Waals surface area contributed by atoms with Gasteiger partial charge in [-0.15, -0.1) is 0 Å². The van der Waals surface area contributed by atoms with Gasteiger partial charge in [-0.2, -0.15) is 0 Å². The van der Waals surface area contributed by atoms with Gasteiger partial charge in [-0.3, -0.25) is 4.79 Å². The fourth-order valence-corrected chi connectivity index (χ4v) is 3.00. The van der Waals surface area contributed by atoms with Crippen molar-refractivity contribution in [3.63, 3.8) is 0 Å². The van der Waals surface area contributed by atoms with Gasteiger partial charge in [0.1, 0.15) is 11.6 Å². The van der Waals surface area contributed by atoms with Crippen LogP contribution in [0.5, 0.6) is 5.75 Å². The van der Waals surface area contributed by atoms with Crippen molar-refractivity contribution in [1.29, 1.82) is 0 Å². The third-order valence-electron chi connectivity index (χ3n) is 4.23. The average molecular weight is 348 g/mol. The van der Waals surface area contributed by atoms with Gasteiger partial charge >= 0.3 is 0 Å². The predicted molar refractivity (Wildman–Crippen MR) is 91.7 cm³/mol. The summed E-state index contributed by atoms with van der Waals surface area (Å²) in [7, 11) is 1.58. The fourth-order valence-electron chi connectivity index (χ4n) is 2.77. The van der Waals surface area contributed by atoms with Crippen LogP contribution in [-0.4, -0.2) is 24.0 Å². The van der Waals surface area contributed by atoms with E-state index in [1.165, 1.54) is 6.07 Å². The lowest BCUT2D eigenvalue weighted by Gasteiger charge is -2.24.